The number of aliphatic hydroxyl groups excluding tert-OH is 1. The lowest BCUT2D eigenvalue weighted by Gasteiger charge is -2.26. The van der Waals surface area contributed by atoms with E-state index in [0.717, 1.165) is 17.3 Å². The Bertz CT molecular complexity index is 326. The van der Waals surface area contributed by atoms with E-state index >= 15 is 0 Å². The lowest BCUT2D eigenvalue weighted by Crippen LogP contribution is -2.22. The van der Waals surface area contributed by atoms with Gasteiger partial charge in [0.2, 0.25) is 0 Å². The summed E-state index contributed by atoms with van der Waals surface area (Å²) in [6.07, 6.45) is -0.543. The van der Waals surface area contributed by atoms with E-state index in [-0.39, 0.29) is 11.1 Å². The van der Waals surface area contributed by atoms with Crippen LogP contribution < -0.4 is 0 Å². The Balaban J connectivity index is 2.08. The second-order valence-corrected chi connectivity index (χ2v) is 5.98. The minimum absolute atomic E-state index is 0.200. The first-order chi connectivity index (χ1) is 7.27. The fourth-order valence-electron chi connectivity index (χ4n) is 1.59. The van der Waals surface area contributed by atoms with Crippen LogP contribution >= 0.6 is 23.5 Å². The Kier molecular flexibility index (Phi) is 3.94. The van der Waals surface area contributed by atoms with E-state index in [1.807, 2.05) is 11.8 Å². The van der Waals surface area contributed by atoms with Crippen LogP contribution in [0.2, 0.25) is 0 Å². The molecule has 0 aromatic heterocycles. The highest BCUT2D eigenvalue weighted by molar-refractivity contribution is 8.06. The Hall–Kier alpha value is -0.190. The summed E-state index contributed by atoms with van der Waals surface area (Å²) in [5.41, 5.74) is 0.690. The highest BCUT2D eigenvalue weighted by Gasteiger charge is 2.24. The third kappa shape index (κ3) is 2.89. The molecule has 1 fully saturated rings. The van der Waals surface area contributed by atoms with Gasteiger partial charge in [-0.3, -0.25) is 0 Å². The second kappa shape index (κ2) is 5.23. The average Bonchev–Trinajstić information content (AvgIpc) is 2.29. The van der Waals surface area contributed by atoms with Crippen LogP contribution in [0.4, 0.5) is 4.39 Å². The molecule has 82 valence electrons. The number of hydrogen-bond acceptors (Lipinski definition) is 3. The normalized spacial score (nSPS) is 23.7. The largest absolute Gasteiger partial charge is 0.387 e. The van der Waals surface area contributed by atoms with Gasteiger partial charge in [-0.2, -0.15) is 23.5 Å². The third-order valence-electron chi connectivity index (χ3n) is 2.38. The molecule has 1 aromatic rings. The summed E-state index contributed by atoms with van der Waals surface area (Å²) < 4.78 is 13.0. The first kappa shape index (κ1) is 11.3. The predicted octanol–water partition coefficient (Wildman–Crippen LogP) is 2.71. The lowest BCUT2D eigenvalue weighted by atomic mass is 10.1. The Morgan fingerprint density at radius 3 is 2.93 bits per heavy atom. The Morgan fingerprint density at radius 1 is 1.40 bits per heavy atom. The molecule has 0 amide bonds. The fraction of sp³-hybridized carbons (Fsp3) is 0.455. The molecular weight excluding hydrogens is 231 g/mol. The maximum atomic E-state index is 13.0. The maximum absolute atomic E-state index is 13.0. The molecule has 15 heavy (non-hydrogen) atoms. The van der Waals surface area contributed by atoms with Gasteiger partial charge in [-0.05, 0) is 17.7 Å². The van der Waals surface area contributed by atoms with Crippen molar-refractivity contribution in [2.24, 2.45) is 0 Å². The Morgan fingerprint density at radius 2 is 2.27 bits per heavy atom. The first-order valence-electron chi connectivity index (χ1n) is 4.90. The zero-order chi connectivity index (χ0) is 10.7. The molecule has 1 N–H and O–H groups in total. The zero-order valence-electron chi connectivity index (χ0n) is 8.23. The molecule has 2 atom stereocenters. The van der Waals surface area contributed by atoms with Crippen molar-refractivity contribution in [3.05, 3.63) is 35.6 Å². The second-order valence-electron chi connectivity index (χ2n) is 3.48. The van der Waals surface area contributed by atoms with Crippen molar-refractivity contribution >= 4 is 23.5 Å². The van der Waals surface area contributed by atoms with Crippen LogP contribution in [0.1, 0.15) is 11.7 Å². The van der Waals surface area contributed by atoms with Crippen LogP contribution in [0.15, 0.2) is 24.3 Å². The van der Waals surface area contributed by atoms with Gasteiger partial charge < -0.3 is 5.11 Å². The van der Waals surface area contributed by atoms with Gasteiger partial charge in [0, 0.05) is 22.5 Å². The minimum atomic E-state index is -0.543. The summed E-state index contributed by atoms with van der Waals surface area (Å²) in [7, 11) is 0. The monoisotopic (exact) mass is 244 g/mol. The van der Waals surface area contributed by atoms with Crippen LogP contribution in [-0.2, 0) is 0 Å². The predicted molar refractivity (Wildman–Crippen MR) is 64.9 cm³/mol. The van der Waals surface area contributed by atoms with Crippen molar-refractivity contribution in [2.75, 3.05) is 17.3 Å². The molecule has 2 unspecified atom stereocenters. The fourth-order valence-corrected chi connectivity index (χ4v) is 4.35. The maximum Gasteiger partial charge on any atom is 0.123 e. The van der Waals surface area contributed by atoms with Crippen molar-refractivity contribution in [1.82, 2.24) is 0 Å². The molecule has 0 spiro atoms. The van der Waals surface area contributed by atoms with E-state index in [2.05, 4.69) is 0 Å². The van der Waals surface area contributed by atoms with Gasteiger partial charge in [0.05, 0.1) is 6.10 Å². The summed E-state index contributed by atoms with van der Waals surface area (Å²) in [4.78, 5) is 0. The molecule has 1 saturated heterocycles. The highest BCUT2D eigenvalue weighted by Crippen LogP contribution is 2.33. The standard InChI is InChI=1S/C11H13FOS2/c12-9-3-1-2-8(6-9)11(13)10-7-14-4-5-15-10/h1-3,6,10-11,13H,4-5,7H2. The smallest absolute Gasteiger partial charge is 0.123 e. The summed E-state index contributed by atoms with van der Waals surface area (Å²) >= 11 is 3.63. The SMILES string of the molecule is OC(c1cccc(F)c1)C1CSCCS1. The number of benzene rings is 1. The summed E-state index contributed by atoms with van der Waals surface area (Å²) in [6.45, 7) is 0. The molecule has 0 bridgehead atoms. The third-order valence-corrected chi connectivity index (χ3v) is 5.23. The van der Waals surface area contributed by atoms with E-state index in [1.165, 1.54) is 12.1 Å². The highest BCUT2D eigenvalue weighted by atomic mass is 32.2. The quantitative estimate of drug-likeness (QED) is 0.864. The van der Waals surface area contributed by atoms with Gasteiger partial charge in [-0.25, -0.2) is 4.39 Å². The molecule has 4 heteroatoms. The number of hydrogen-bond donors (Lipinski definition) is 1. The van der Waals surface area contributed by atoms with Crippen LogP contribution in [0.5, 0.6) is 0 Å². The van der Waals surface area contributed by atoms with Crippen LogP contribution in [0.3, 0.4) is 0 Å². The van der Waals surface area contributed by atoms with Gasteiger partial charge >= 0.3 is 0 Å². The molecule has 0 saturated carbocycles. The number of halogens is 1. The molecule has 1 aliphatic heterocycles. The van der Waals surface area contributed by atoms with E-state index in [0.29, 0.717) is 5.56 Å². The van der Waals surface area contributed by atoms with Crippen LogP contribution in [-0.4, -0.2) is 27.6 Å². The van der Waals surface area contributed by atoms with Gasteiger partial charge in [0.1, 0.15) is 5.82 Å². The topological polar surface area (TPSA) is 20.2 Å². The molecule has 1 heterocycles. The summed E-state index contributed by atoms with van der Waals surface area (Å²) in [5, 5.41) is 10.3. The van der Waals surface area contributed by atoms with E-state index in [1.54, 1.807) is 23.9 Å². The molecular formula is C11H13FOS2. The number of aliphatic hydroxyl groups is 1. The van der Waals surface area contributed by atoms with Crippen molar-refractivity contribution in [1.29, 1.82) is 0 Å². The van der Waals surface area contributed by atoms with Crippen LogP contribution in [0.25, 0.3) is 0 Å². The van der Waals surface area contributed by atoms with E-state index in [4.69, 9.17) is 0 Å². The van der Waals surface area contributed by atoms with Crippen molar-refractivity contribution in [2.45, 2.75) is 11.4 Å². The van der Waals surface area contributed by atoms with Gasteiger partial charge in [-0.1, -0.05) is 12.1 Å². The Labute approximate surface area is 97.5 Å². The van der Waals surface area contributed by atoms with Gasteiger partial charge in [0.25, 0.3) is 0 Å². The average molecular weight is 244 g/mol. The lowest BCUT2D eigenvalue weighted by molar-refractivity contribution is 0.180. The molecule has 1 nitrogen and oxygen atoms in total. The molecule has 2 rings (SSSR count). The summed E-state index contributed by atoms with van der Waals surface area (Å²) in [6, 6.07) is 6.26. The van der Waals surface area contributed by atoms with E-state index < -0.39 is 6.10 Å². The van der Waals surface area contributed by atoms with Crippen molar-refractivity contribution < 1.29 is 9.50 Å². The first-order valence-corrected chi connectivity index (χ1v) is 7.10. The van der Waals surface area contributed by atoms with Crippen molar-refractivity contribution in [3.63, 3.8) is 0 Å². The molecule has 0 aliphatic carbocycles. The van der Waals surface area contributed by atoms with E-state index in [9.17, 15) is 9.50 Å². The number of thioether (sulfide) groups is 2. The van der Waals surface area contributed by atoms with Gasteiger partial charge in [0.15, 0.2) is 0 Å². The van der Waals surface area contributed by atoms with Gasteiger partial charge in [-0.15, -0.1) is 0 Å². The number of rotatable bonds is 2. The zero-order valence-corrected chi connectivity index (χ0v) is 9.86. The summed E-state index contributed by atoms with van der Waals surface area (Å²) in [5.74, 6) is 2.89. The van der Waals surface area contributed by atoms with Crippen LogP contribution in [0, 0.1) is 5.82 Å². The molecule has 1 aromatic carbocycles. The van der Waals surface area contributed by atoms with Crippen molar-refractivity contribution in [3.8, 4) is 0 Å². The minimum Gasteiger partial charge on any atom is -0.387 e. The molecule has 0 radical (unpaired) electrons. The molecule has 1 aliphatic rings.